The molecule has 1 aliphatic heterocycles. The van der Waals surface area contributed by atoms with Crippen LogP contribution in [0.3, 0.4) is 0 Å². The van der Waals surface area contributed by atoms with E-state index < -0.39 is 6.04 Å². The highest BCUT2D eigenvalue weighted by Gasteiger charge is 2.30. The number of carbonyl (C=O) groups is 2. The molecule has 25 heavy (non-hydrogen) atoms. The fraction of sp³-hybridized carbons (Fsp3) is 0.600. The molecule has 2 amide bonds. The van der Waals surface area contributed by atoms with Gasteiger partial charge in [0.1, 0.15) is 6.04 Å². The van der Waals surface area contributed by atoms with Gasteiger partial charge in [-0.25, -0.2) is 0 Å². The molecule has 1 atom stereocenters. The zero-order valence-corrected chi connectivity index (χ0v) is 14.8. The van der Waals surface area contributed by atoms with E-state index in [4.69, 9.17) is 5.73 Å². The zero-order valence-electron chi connectivity index (χ0n) is 14.8. The molecule has 0 aromatic heterocycles. The van der Waals surface area contributed by atoms with Crippen molar-refractivity contribution in [2.24, 2.45) is 11.7 Å². The smallest absolute Gasteiger partial charge is 0.239 e. The maximum absolute atomic E-state index is 12.6. The molecule has 0 radical (unpaired) electrons. The minimum absolute atomic E-state index is 0.216. The Morgan fingerprint density at radius 2 is 1.64 bits per heavy atom. The number of primary amides is 1. The molecule has 3 rings (SSSR count). The van der Waals surface area contributed by atoms with E-state index in [1.54, 1.807) is 0 Å². The summed E-state index contributed by atoms with van der Waals surface area (Å²) in [6, 6.07) is 9.35. The number of rotatable bonds is 5. The Bertz CT molecular complexity index is 576. The van der Waals surface area contributed by atoms with Gasteiger partial charge in [-0.3, -0.25) is 14.9 Å². The Hall–Kier alpha value is -1.88. The first-order chi connectivity index (χ1) is 12.1. The van der Waals surface area contributed by atoms with Crippen LogP contribution in [-0.4, -0.2) is 35.8 Å². The van der Waals surface area contributed by atoms with Gasteiger partial charge < -0.3 is 10.6 Å². The van der Waals surface area contributed by atoms with Crippen molar-refractivity contribution >= 4 is 11.8 Å². The molecule has 1 aliphatic carbocycles. The molecule has 0 spiro atoms. The molecule has 1 aromatic rings. The molecule has 136 valence electrons. The summed E-state index contributed by atoms with van der Waals surface area (Å²) >= 11 is 0. The molecule has 1 unspecified atom stereocenters. The van der Waals surface area contributed by atoms with E-state index in [0.717, 1.165) is 44.3 Å². The number of hydrogen-bond donors (Lipinski definition) is 2. The van der Waals surface area contributed by atoms with Crippen LogP contribution in [0.5, 0.6) is 0 Å². The van der Waals surface area contributed by atoms with Gasteiger partial charge in [-0.1, -0.05) is 49.6 Å². The first kappa shape index (κ1) is 17.9. The lowest BCUT2D eigenvalue weighted by molar-refractivity contribution is -0.137. The summed E-state index contributed by atoms with van der Waals surface area (Å²) in [6.45, 7) is 1.54. The second kappa shape index (κ2) is 8.48. The van der Waals surface area contributed by atoms with E-state index in [2.05, 4.69) is 5.32 Å². The highest BCUT2D eigenvalue weighted by atomic mass is 16.2. The molecule has 1 saturated carbocycles. The van der Waals surface area contributed by atoms with E-state index in [1.807, 2.05) is 35.2 Å². The Labute approximate surface area is 150 Å². The average Bonchev–Trinajstić information content (AvgIpc) is 2.67. The van der Waals surface area contributed by atoms with Crippen molar-refractivity contribution in [3.05, 3.63) is 35.9 Å². The van der Waals surface area contributed by atoms with Gasteiger partial charge in [-0.05, 0) is 31.2 Å². The quantitative estimate of drug-likeness (QED) is 0.862. The number of hydrogen-bond acceptors (Lipinski definition) is 3. The lowest BCUT2D eigenvalue weighted by atomic mass is 9.87. The SMILES string of the molecule is NC(=O)C(NC1CCN(C(=O)C2CCCCC2)CC1)c1ccccc1. The summed E-state index contributed by atoms with van der Waals surface area (Å²) < 4.78 is 0. The summed E-state index contributed by atoms with van der Waals surface area (Å²) in [7, 11) is 0. The third kappa shape index (κ3) is 4.60. The van der Waals surface area contributed by atoms with E-state index >= 15 is 0 Å². The number of likely N-dealkylation sites (tertiary alicyclic amines) is 1. The van der Waals surface area contributed by atoms with Gasteiger partial charge in [0, 0.05) is 25.0 Å². The van der Waals surface area contributed by atoms with Crippen LogP contribution in [0.1, 0.15) is 56.6 Å². The first-order valence-corrected chi connectivity index (χ1v) is 9.54. The summed E-state index contributed by atoms with van der Waals surface area (Å²) in [5, 5.41) is 3.40. The van der Waals surface area contributed by atoms with E-state index in [9.17, 15) is 9.59 Å². The number of nitrogens with two attached hydrogens (primary N) is 1. The molecule has 1 aromatic carbocycles. The normalized spacial score (nSPS) is 21.0. The summed E-state index contributed by atoms with van der Waals surface area (Å²) in [6.07, 6.45) is 7.48. The van der Waals surface area contributed by atoms with Gasteiger partial charge in [-0.2, -0.15) is 0 Å². The number of nitrogens with one attached hydrogen (secondary N) is 1. The third-order valence-electron chi connectivity index (χ3n) is 5.58. The Morgan fingerprint density at radius 1 is 1.00 bits per heavy atom. The Morgan fingerprint density at radius 3 is 2.24 bits per heavy atom. The van der Waals surface area contributed by atoms with Gasteiger partial charge in [0.2, 0.25) is 11.8 Å². The predicted molar refractivity (Wildman–Crippen MR) is 97.7 cm³/mol. The molecular formula is C20H29N3O2. The minimum Gasteiger partial charge on any atom is -0.368 e. The van der Waals surface area contributed by atoms with E-state index in [1.165, 1.54) is 19.3 Å². The van der Waals surface area contributed by atoms with Crippen LogP contribution in [0.15, 0.2) is 30.3 Å². The average molecular weight is 343 g/mol. The molecule has 5 nitrogen and oxygen atoms in total. The van der Waals surface area contributed by atoms with Crippen molar-refractivity contribution in [1.29, 1.82) is 0 Å². The second-order valence-electron chi connectivity index (χ2n) is 7.35. The van der Waals surface area contributed by atoms with Crippen LogP contribution in [0.25, 0.3) is 0 Å². The summed E-state index contributed by atoms with van der Waals surface area (Å²) in [5.74, 6) is 0.223. The molecule has 0 bridgehead atoms. The molecule has 1 heterocycles. The van der Waals surface area contributed by atoms with Crippen molar-refractivity contribution in [3.63, 3.8) is 0 Å². The van der Waals surface area contributed by atoms with E-state index in [0.29, 0.717) is 5.91 Å². The predicted octanol–water partition coefficient (Wildman–Crippen LogP) is 2.37. The lowest BCUT2D eigenvalue weighted by Crippen LogP contribution is -2.49. The monoisotopic (exact) mass is 343 g/mol. The molecule has 5 heteroatoms. The van der Waals surface area contributed by atoms with Gasteiger partial charge in [0.15, 0.2) is 0 Å². The largest absolute Gasteiger partial charge is 0.368 e. The van der Waals surface area contributed by atoms with E-state index in [-0.39, 0.29) is 17.9 Å². The van der Waals surface area contributed by atoms with Crippen LogP contribution in [-0.2, 0) is 9.59 Å². The number of nitrogens with zero attached hydrogens (tertiary/aromatic N) is 1. The molecule has 1 saturated heterocycles. The van der Waals surface area contributed by atoms with Crippen molar-refractivity contribution in [1.82, 2.24) is 10.2 Å². The van der Waals surface area contributed by atoms with Crippen molar-refractivity contribution < 1.29 is 9.59 Å². The van der Waals surface area contributed by atoms with Crippen LogP contribution in [0, 0.1) is 5.92 Å². The third-order valence-corrected chi connectivity index (χ3v) is 5.58. The maximum atomic E-state index is 12.6. The standard InChI is InChI=1S/C20H29N3O2/c21-19(24)18(15-7-3-1-4-8-15)22-17-11-13-23(14-12-17)20(25)16-9-5-2-6-10-16/h1,3-4,7-8,16-18,22H,2,5-6,9-14H2,(H2,21,24). The van der Waals surface area contributed by atoms with Crippen LogP contribution >= 0.6 is 0 Å². The number of carbonyl (C=O) groups excluding carboxylic acids is 2. The number of amides is 2. The van der Waals surface area contributed by atoms with Crippen molar-refractivity contribution in [2.75, 3.05) is 13.1 Å². The number of piperidine rings is 1. The topological polar surface area (TPSA) is 75.4 Å². The first-order valence-electron chi connectivity index (χ1n) is 9.54. The highest BCUT2D eigenvalue weighted by Crippen LogP contribution is 2.27. The maximum Gasteiger partial charge on any atom is 0.239 e. The minimum atomic E-state index is -0.466. The van der Waals surface area contributed by atoms with Crippen LogP contribution in [0.2, 0.25) is 0 Å². The summed E-state index contributed by atoms with van der Waals surface area (Å²) in [4.78, 5) is 26.5. The molecular weight excluding hydrogens is 314 g/mol. The molecule has 3 N–H and O–H groups in total. The van der Waals surface area contributed by atoms with Gasteiger partial charge in [0.05, 0.1) is 0 Å². The number of benzene rings is 1. The van der Waals surface area contributed by atoms with Gasteiger partial charge in [0.25, 0.3) is 0 Å². The molecule has 2 aliphatic rings. The lowest BCUT2D eigenvalue weighted by Gasteiger charge is -2.36. The fourth-order valence-corrected chi connectivity index (χ4v) is 4.10. The van der Waals surface area contributed by atoms with Gasteiger partial charge in [-0.15, -0.1) is 0 Å². The van der Waals surface area contributed by atoms with Gasteiger partial charge >= 0.3 is 0 Å². The summed E-state index contributed by atoms with van der Waals surface area (Å²) in [5.41, 5.74) is 6.49. The fourth-order valence-electron chi connectivity index (χ4n) is 4.10. The van der Waals surface area contributed by atoms with Crippen LogP contribution < -0.4 is 11.1 Å². The second-order valence-corrected chi connectivity index (χ2v) is 7.35. The van der Waals surface area contributed by atoms with Crippen molar-refractivity contribution in [2.45, 2.75) is 57.0 Å². The van der Waals surface area contributed by atoms with Crippen molar-refractivity contribution in [3.8, 4) is 0 Å². The molecule has 2 fully saturated rings. The Kier molecular flexibility index (Phi) is 6.08. The van der Waals surface area contributed by atoms with Crippen LogP contribution in [0.4, 0.5) is 0 Å². The Balaban J connectivity index is 1.53. The highest BCUT2D eigenvalue weighted by molar-refractivity contribution is 5.81. The zero-order chi connectivity index (χ0) is 17.6.